The number of amides is 1. The van der Waals surface area contributed by atoms with Gasteiger partial charge in [-0.1, -0.05) is 0 Å². The number of nitrogens with zero attached hydrogens (tertiary/aromatic N) is 2. The minimum absolute atomic E-state index is 0.0256. The topological polar surface area (TPSA) is 107 Å². The van der Waals surface area contributed by atoms with E-state index in [0.29, 0.717) is 25.4 Å². The summed E-state index contributed by atoms with van der Waals surface area (Å²) < 4.78 is 43.2. The number of hydrogen-bond donors (Lipinski definition) is 1. The normalized spacial score (nSPS) is 14.5. The summed E-state index contributed by atoms with van der Waals surface area (Å²) in [6.45, 7) is 1.57. The van der Waals surface area contributed by atoms with Crippen LogP contribution in [0.25, 0.3) is 0 Å². The second-order valence-corrected chi connectivity index (χ2v) is 8.53. The van der Waals surface area contributed by atoms with Crippen molar-refractivity contribution in [2.75, 3.05) is 45.8 Å². The molecule has 1 aliphatic rings. The summed E-state index contributed by atoms with van der Waals surface area (Å²) in [6, 6.07) is 7.65. The van der Waals surface area contributed by atoms with Crippen molar-refractivity contribution in [1.29, 1.82) is 0 Å². The van der Waals surface area contributed by atoms with E-state index < -0.39 is 15.9 Å². The minimum atomic E-state index is -3.76. The Balaban J connectivity index is 1.85. The molecule has 1 N–H and O–H groups in total. The molecule has 1 saturated heterocycles. The van der Waals surface area contributed by atoms with Crippen LogP contribution in [0.3, 0.4) is 0 Å². The number of hydrogen-bond acceptors (Lipinski definition) is 7. The molecule has 1 aromatic carbocycles. The number of methoxy groups -OCH3 is 2. The standard InChI is InChI=1S/C20H25N3O6S/c1-27-12-13-29-20-16(6-5-9-21-20)22-19(24)15-7-8-17(28-2)18(14-15)30(25,26)23-10-3-4-11-23/h5-9,14H,3-4,10-13H2,1-2H3,(H,22,24). The maximum Gasteiger partial charge on any atom is 0.255 e. The van der Waals surface area contributed by atoms with Gasteiger partial charge in [0.15, 0.2) is 0 Å². The Bertz CT molecular complexity index is 990. The van der Waals surface area contributed by atoms with Crippen LogP contribution < -0.4 is 14.8 Å². The lowest BCUT2D eigenvalue weighted by Crippen LogP contribution is -2.28. The van der Waals surface area contributed by atoms with Gasteiger partial charge in [-0.05, 0) is 43.2 Å². The molecule has 2 aromatic rings. The SMILES string of the molecule is COCCOc1ncccc1NC(=O)c1ccc(OC)c(S(=O)(=O)N2CCCC2)c1. The number of pyridine rings is 1. The maximum absolute atomic E-state index is 13.0. The largest absolute Gasteiger partial charge is 0.495 e. The minimum Gasteiger partial charge on any atom is -0.495 e. The highest BCUT2D eigenvalue weighted by molar-refractivity contribution is 7.89. The van der Waals surface area contributed by atoms with E-state index in [1.807, 2.05) is 0 Å². The molecular formula is C20H25N3O6S. The van der Waals surface area contributed by atoms with Crippen LogP contribution in [0.15, 0.2) is 41.4 Å². The highest BCUT2D eigenvalue weighted by atomic mass is 32.2. The Kier molecular flexibility index (Phi) is 7.24. The van der Waals surface area contributed by atoms with Gasteiger partial charge in [-0.25, -0.2) is 13.4 Å². The first-order chi connectivity index (χ1) is 14.5. The van der Waals surface area contributed by atoms with Gasteiger partial charge in [0.2, 0.25) is 15.9 Å². The van der Waals surface area contributed by atoms with E-state index in [2.05, 4.69) is 10.3 Å². The molecule has 0 saturated carbocycles. The van der Waals surface area contributed by atoms with E-state index in [0.717, 1.165) is 12.8 Å². The van der Waals surface area contributed by atoms with Crippen molar-refractivity contribution in [3.8, 4) is 11.6 Å². The second kappa shape index (κ2) is 9.88. The predicted molar refractivity (Wildman–Crippen MR) is 111 cm³/mol. The van der Waals surface area contributed by atoms with E-state index in [1.165, 1.54) is 29.6 Å². The Morgan fingerprint density at radius 1 is 1.17 bits per heavy atom. The average Bonchev–Trinajstić information content (AvgIpc) is 3.30. The molecule has 0 bridgehead atoms. The Morgan fingerprint density at radius 2 is 1.93 bits per heavy atom. The summed E-state index contributed by atoms with van der Waals surface area (Å²) in [4.78, 5) is 16.9. The van der Waals surface area contributed by atoms with Gasteiger partial charge in [0.05, 0.1) is 13.7 Å². The molecule has 1 amide bonds. The van der Waals surface area contributed by atoms with E-state index in [4.69, 9.17) is 14.2 Å². The zero-order valence-electron chi connectivity index (χ0n) is 17.0. The fourth-order valence-corrected chi connectivity index (χ4v) is 4.80. The van der Waals surface area contributed by atoms with Crippen molar-refractivity contribution in [1.82, 2.24) is 9.29 Å². The molecule has 9 nitrogen and oxygen atoms in total. The van der Waals surface area contributed by atoms with Crippen molar-refractivity contribution < 1.29 is 27.4 Å². The van der Waals surface area contributed by atoms with Crippen LogP contribution in [0.5, 0.6) is 11.6 Å². The zero-order valence-corrected chi connectivity index (χ0v) is 17.8. The van der Waals surface area contributed by atoms with E-state index in [-0.39, 0.29) is 28.7 Å². The molecule has 10 heteroatoms. The summed E-state index contributed by atoms with van der Waals surface area (Å²) in [7, 11) is -0.798. The van der Waals surface area contributed by atoms with Crippen LogP contribution >= 0.6 is 0 Å². The van der Waals surface area contributed by atoms with Crippen molar-refractivity contribution in [3.05, 3.63) is 42.1 Å². The molecule has 0 aliphatic carbocycles. The maximum atomic E-state index is 13.0. The van der Waals surface area contributed by atoms with Crippen molar-refractivity contribution in [3.63, 3.8) is 0 Å². The van der Waals surface area contributed by atoms with Gasteiger partial charge in [0, 0.05) is 32.0 Å². The quantitative estimate of drug-likeness (QED) is 0.602. The number of sulfonamides is 1. The molecule has 0 spiro atoms. The Labute approximate surface area is 176 Å². The molecule has 1 fully saturated rings. The molecule has 0 radical (unpaired) electrons. The smallest absolute Gasteiger partial charge is 0.255 e. The average molecular weight is 436 g/mol. The van der Waals surface area contributed by atoms with Crippen LogP contribution in [-0.2, 0) is 14.8 Å². The van der Waals surface area contributed by atoms with Gasteiger partial charge < -0.3 is 19.5 Å². The third-order valence-electron chi connectivity index (χ3n) is 4.65. The fraction of sp³-hybridized carbons (Fsp3) is 0.400. The Hall–Kier alpha value is -2.69. The fourth-order valence-electron chi connectivity index (χ4n) is 3.10. The summed E-state index contributed by atoms with van der Waals surface area (Å²) >= 11 is 0. The molecule has 0 unspecified atom stereocenters. The number of rotatable bonds is 9. The molecule has 1 aliphatic heterocycles. The second-order valence-electron chi connectivity index (χ2n) is 6.63. The summed E-state index contributed by atoms with van der Waals surface area (Å²) in [5, 5.41) is 2.72. The zero-order chi connectivity index (χ0) is 21.6. The van der Waals surface area contributed by atoms with Crippen LogP contribution in [0.4, 0.5) is 5.69 Å². The summed E-state index contributed by atoms with van der Waals surface area (Å²) in [5.74, 6) is -0.0372. The first kappa shape index (κ1) is 22.0. The van der Waals surface area contributed by atoms with E-state index >= 15 is 0 Å². The van der Waals surface area contributed by atoms with Gasteiger partial charge >= 0.3 is 0 Å². The highest BCUT2D eigenvalue weighted by Gasteiger charge is 2.30. The van der Waals surface area contributed by atoms with Crippen LogP contribution in [0.1, 0.15) is 23.2 Å². The number of aromatic nitrogens is 1. The number of carbonyl (C=O) groups is 1. The predicted octanol–water partition coefficient (Wildman–Crippen LogP) is 2.15. The van der Waals surface area contributed by atoms with Gasteiger partial charge in [0.1, 0.15) is 22.9 Å². The number of nitrogens with one attached hydrogen (secondary N) is 1. The number of anilines is 1. The third kappa shape index (κ3) is 4.89. The third-order valence-corrected chi connectivity index (χ3v) is 6.57. The lowest BCUT2D eigenvalue weighted by molar-refractivity contribution is 0.102. The molecule has 30 heavy (non-hydrogen) atoms. The lowest BCUT2D eigenvalue weighted by Gasteiger charge is -2.18. The van der Waals surface area contributed by atoms with Gasteiger partial charge in [0.25, 0.3) is 5.91 Å². The summed E-state index contributed by atoms with van der Waals surface area (Å²) in [5.41, 5.74) is 0.554. The lowest BCUT2D eigenvalue weighted by atomic mass is 10.2. The van der Waals surface area contributed by atoms with E-state index in [1.54, 1.807) is 25.4 Å². The van der Waals surface area contributed by atoms with E-state index in [9.17, 15) is 13.2 Å². The monoisotopic (exact) mass is 435 g/mol. The first-order valence-electron chi connectivity index (χ1n) is 9.53. The Morgan fingerprint density at radius 3 is 2.63 bits per heavy atom. The molecule has 2 heterocycles. The van der Waals surface area contributed by atoms with Gasteiger partial charge in [-0.15, -0.1) is 0 Å². The molecule has 1 aromatic heterocycles. The first-order valence-corrected chi connectivity index (χ1v) is 11.0. The molecule has 3 rings (SSSR count). The summed E-state index contributed by atoms with van der Waals surface area (Å²) in [6.07, 6.45) is 3.18. The number of carbonyl (C=O) groups excluding carboxylic acids is 1. The van der Waals surface area contributed by atoms with Crippen molar-refractivity contribution in [2.45, 2.75) is 17.7 Å². The van der Waals surface area contributed by atoms with Gasteiger partial charge in [-0.3, -0.25) is 4.79 Å². The number of benzene rings is 1. The van der Waals surface area contributed by atoms with Crippen LogP contribution in [0.2, 0.25) is 0 Å². The molecular weight excluding hydrogens is 410 g/mol. The van der Waals surface area contributed by atoms with Gasteiger partial charge in [-0.2, -0.15) is 4.31 Å². The van der Waals surface area contributed by atoms with Crippen LogP contribution in [0, 0.1) is 0 Å². The van der Waals surface area contributed by atoms with Crippen molar-refractivity contribution in [2.24, 2.45) is 0 Å². The highest BCUT2D eigenvalue weighted by Crippen LogP contribution is 2.30. The van der Waals surface area contributed by atoms with Crippen LogP contribution in [-0.4, -0.2) is 64.1 Å². The van der Waals surface area contributed by atoms with Crippen molar-refractivity contribution >= 4 is 21.6 Å². The number of ether oxygens (including phenoxy) is 3. The molecule has 0 atom stereocenters. The molecule has 162 valence electrons.